The summed E-state index contributed by atoms with van der Waals surface area (Å²) in [6, 6.07) is 2.85. The van der Waals surface area contributed by atoms with E-state index in [1.54, 1.807) is 0 Å². The zero-order valence-electron chi connectivity index (χ0n) is 11.8. The van der Waals surface area contributed by atoms with Crippen molar-refractivity contribution in [2.45, 2.75) is 17.7 Å². The highest BCUT2D eigenvalue weighted by Gasteiger charge is 2.69. The molecule has 10 heteroatoms. The Labute approximate surface area is 139 Å². The van der Waals surface area contributed by atoms with E-state index >= 15 is 0 Å². The van der Waals surface area contributed by atoms with Crippen LogP contribution in [-0.2, 0) is 14.3 Å². The molecular formula is C13H11Cl2FN2O5. The van der Waals surface area contributed by atoms with Crippen LogP contribution in [0.15, 0.2) is 18.2 Å². The smallest absolute Gasteiger partial charge is 0.315 e. The maximum Gasteiger partial charge on any atom is 0.315 e. The molecule has 1 unspecified atom stereocenters. The second-order valence-electron chi connectivity index (χ2n) is 5.26. The van der Waals surface area contributed by atoms with Gasteiger partial charge in [-0.25, -0.2) is 0 Å². The predicted molar refractivity (Wildman–Crippen MR) is 79.8 cm³/mol. The van der Waals surface area contributed by atoms with Crippen molar-refractivity contribution in [3.05, 3.63) is 34.1 Å². The lowest BCUT2D eigenvalue weighted by Crippen LogP contribution is -2.26. The normalized spacial score (nSPS) is 21.4. The largest absolute Gasteiger partial charge is 0.455 e. The minimum atomic E-state index is -1.21. The Bertz CT molecular complexity index is 697. The highest BCUT2D eigenvalue weighted by molar-refractivity contribution is 6.53. The van der Waals surface area contributed by atoms with E-state index in [2.05, 4.69) is 5.32 Å². The van der Waals surface area contributed by atoms with E-state index in [4.69, 9.17) is 27.9 Å². The van der Waals surface area contributed by atoms with Gasteiger partial charge in [-0.05, 0) is 19.1 Å². The van der Waals surface area contributed by atoms with Crippen LogP contribution in [0.5, 0.6) is 0 Å². The molecule has 1 aliphatic rings. The number of alkyl halides is 2. The molecule has 0 saturated heterocycles. The van der Waals surface area contributed by atoms with Gasteiger partial charge in [-0.2, -0.15) is 4.39 Å². The molecule has 0 bridgehead atoms. The zero-order chi connectivity index (χ0) is 17.4. The molecule has 1 aliphatic carbocycles. The van der Waals surface area contributed by atoms with Gasteiger partial charge in [0.15, 0.2) is 6.61 Å². The summed E-state index contributed by atoms with van der Waals surface area (Å²) in [7, 11) is 0. The Hall–Kier alpha value is -1.93. The van der Waals surface area contributed by atoms with Crippen molar-refractivity contribution in [1.29, 1.82) is 0 Å². The number of nitrogens with zero attached hydrogens (tertiary/aromatic N) is 1. The van der Waals surface area contributed by atoms with E-state index in [-0.39, 0.29) is 12.1 Å². The quantitative estimate of drug-likeness (QED) is 0.374. The van der Waals surface area contributed by atoms with Crippen LogP contribution in [0.1, 0.15) is 13.3 Å². The zero-order valence-corrected chi connectivity index (χ0v) is 13.3. The maximum atomic E-state index is 13.2. The first-order chi connectivity index (χ1) is 10.6. The van der Waals surface area contributed by atoms with Crippen molar-refractivity contribution in [3.63, 3.8) is 0 Å². The Morgan fingerprint density at radius 1 is 1.48 bits per heavy atom. The molecule has 0 spiro atoms. The lowest BCUT2D eigenvalue weighted by atomic mass is 10.1. The van der Waals surface area contributed by atoms with Crippen molar-refractivity contribution >= 4 is 46.5 Å². The molecule has 1 aromatic rings. The molecule has 2 rings (SSSR count). The van der Waals surface area contributed by atoms with Gasteiger partial charge in [0.25, 0.3) is 5.91 Å². The number of nitrogens with one attached hydrogen (secondary N) is 1. The standard InChI is InChI=1S/C13H11Cl2FN2O5/c1-12(6-13(12,14)15)11(20)23-5-10(19)17-7-2-3-8(16)9(4-7)18(21)22/h2-4H,5-6H2,1H3,(H,17,19). The van der Waals surface area contributed by atoms with E-state index < -0.39 is 44.7 Å². The van der Waals surface area contributed by atoms with Gasteiger partial charge in [-0.3, -0.25) is 19.7 Å². The molecule has 1 saturated carbocycles. The fourth-order valence-corrected chi connectivity index (χ4v) is 2.53. The first-order valence-corrected chi connectivity index (χ1v) is 7.11. The molecule has 1 atom stereocenters. The highest BCUT2D eigenvalue weighted by Crippen LogP contribution is 2.64. The van der Waals surface area contributed by atoms with Gasteiger partial charge in [0.2, 0.25) is 5.82 Å². The molecule has 7 nitrogen and oxygen atoms in total. The van der Waals surface area contributed by atoms with Gasteiger partial charge in [0.1, 0.15) is 9.75 Å². The topological polar surface area (TPSA) is 98.5 Å². The number of nitro benzene ring substituents is 1. The number of halogens is 3. The number of esters is 1. The van der Waals surface area contributed by atoms with E-state index in [9.17, 15) is 24.1 Å². The van der Waals surface area contributed by atoms with Gasteiger partial charge < -0.3 is 10.1 Å². The van der Waals surface area contributed by atoms with E-state index in [1.807, 2.05) is 0 Å². The number of benzene rings is 1. The van der Waals surface area contributed by atoms with Gasteiger partial charge in [0, 0.05) is 18.2 Å². The predicted octanol–water partition coefficient (Wildman–Crippen LogP) is 2.80. The number of hydrogen-bond acceptors (Lipinski definition) is 5. The lowest BCUT2D eigenvalue weighted by molar-refractivity contribution is -0.387. The fraction of sp³-hybridized carbons (Fsp3) is 0.385. The molecule has 1 aromatic carbocycles. The number of anilines is 1. The Kier molecular flexibility index (Phi) is 4.50. The van der Waals surface area contributed by atoms with Crippen LogP contribution in [0.3, 0.4) is 0 Å². The Morgan fingerprint density at radius 2 is 2.09 bits per heavy atom. The molecule has 1 amide bonds. The second-order valence-corrected chi connectivity index (χ2v) is 6.74. The molecule has 1 fully saturated rings. The van der Waals surface area contributed by atoms with Crippen LogP contribution in [0, 0.1) is 21.3 Å². The monoisotopic (exact) mass is 364 g/mol. The summed E-state index contributed by atoms with van der Waals surface area (Å²) in [6.07, 6.45) is 0.216. The van der Waals surface area contributed by atoms with Crippen molar-refractivity contribution < 1.29 is 23.6 Å². The molecule has 0 aliphatic heterocycles. The van der Waals surface area contributed by atoms with E-state index in [0.717, 1.165) is 18.2 Å². The Balaban J connectivity index is 1.92. The van der Waals surface area contributed by atoms with Crippen molar-refractivity contribution in [1.82, 2.24) is 0 Å². The maximum absolute atomic E-state index is 13.2. The lowest BCUT2D eigenvalue weighted by Gasteiger charge is -2.11. The van der Waals surface area contributed by atoms with Crippen LogP contribution in [-0.4, -0.2) is 27.7 Å². The third-order valence-corrected chi connectivity index (χ3v) is 4.57. The van der Waals surface area contributed by atoms with Crippen molar-refractivity contribution in [3.8, 4) is 0 Å². The fourth-order valence-electron chi connectivity index (χ4n) is 1.84. The summed E-state index contributed by atoms with van der Waals surface area (Å²) in [4.78, 5) is 33.1. The summed E-state index contributed by atoms with van der Waals surface area (Å²) < 4.78 is 16.8. The molecule has 1 N–H and O–H groups in total. The minimum absolute atomic E-state index is 0.000756. The van der Waals surface area contributed by atoms with Gasteiger partial charge >= 0.3 is 11.7 Å². The first-order valence-electron chi connectivity index (χ1n) is 6.36. The molecule has 0 heterocycles. The second kappa shape index (κ2) is 5.93. The van der Waals surface area contributed by atoms with Crippen molar-refractivity contribution in [2.24, 2.45) is 5.41 Å². The van der Waals surface area contributed by atoms with Gasteiger partial charge in [-0.1, -0.05) is 0 Å². The van der Waals surface area contributed by atoms with Crippen LogP contribution in [0.4, 0.5) is 15.8 Å². The highest BCUT2D eigenvalue weighted by atomic mass is 35.5. The minimum Gasteiger partial charge on any atom is -0.455 e. The van der Waals surface area contributed by atoms with Gasteiger partial charge in [0.05, 0.1) is 4.92 Å². The number of carbonyl (C=O) groups excluding carboxylic acids is 2. The third kappa shape index (κ3) is 3.53. The first kappa shape index (κ1) is 17.4. The van der Waals surface area contributed by atoms with E-state index in [1.165, 1.54) is 6.92 Å². The summed E-state index contributed by atoms with van der Waals surface area (Å²) in [5.74, 6) is -2.48. The Morgan fingerprint density at radius 3 is 2.61 bits per heavy atom. The summed E-state index contributed by atoms with van der Waals surface area (Å²) in [5.41, 5.74) is -1.84. The SMILES string of the molecule is CC1(C(=O)OCC(=O)Nc2ccc(F)c([N+](=O)[O-])c2)CC1(Cl)Cl. The average Bonchev–Trinajstić information content (AvgIpc) is 2.98. The number of rotatable bonds is 5. The van der Waals surface area contributed by atoms with Crippen LogP contribution in [0.2, 0.25) is 0 Å². The summed E-state index contributed by atoms with van der Waals surface area (Å²) >= 11 is 11.6. The molecule has 0 radical (unpaired) electrons. The number of amides is 1. The summed E-state index contributed by atoms with van der Waals surface area (Å²) in [5, 5.41) is 12.9. The van der Waals surface area contributed by atoms with E-state index in [0.29, 0.717) is 0 Å². The number of carbonyl (C=O) groups is 2. The van der Waals surface area contributed by atoms with Crippen LogP contribution < -0.4 is 5.32 Å². The third-order valence-electron chi connectivity index (χ3n) is 3.47. The number of nitro groups is 1. The van der Waals surface area contributed by atoms with Crippen molar-refractivity contribution in [2.75, 3.05) is 11.9 Å². The molecule has 124 valence electrons. The molecular weight excluding hydrogens is 354 g/mol. The average molecular weight is 365 g/mol. The summed E-state index contributed by atoms with van der Waals surface area (Å²) in [6.45, 7) is 0.889. The van der Waals surface area contributed by atoms with Gasteiger partial charge in [-0.15, -0.1) is 23.2 Å². The number of ether oxygens (including phenoxy) is 1. The number of hydrogen-bond donors (Lipinski definition) is 1. The van der Waals surface area contributed by atoms with Crippen LogP contribution >= 0.6 is 23.2 Å². The molecule has 23 heavy (non-hydrogen) atoms. The molecule has 0 aromatic heterocycles. The van der Waals surface area contributed by atoms with Crippen LogP contribution in [0.25, 0.3) is 0 Å².